The van der Waals surface area contributed by atoms with Gasteiger partial charge in [-0.1, -0.05) is 6.92 Å². The zero-order chi connectivity index (χ0) is 6.41. The second-order valence-electron chi connectivity index (χ2n) is 1.28. The number of carbonyl (C=O) groups is 1. The van der Waals surface area contributed by atoms with Crippen LogP contribution < -0.4 is 0 Å². The van der Waals surface area contributed by atoms with Crippen LogP contribution in [0.3, 0.4) is 0 Å². The fourth-order valence-electron chi connectivity index (χ4n) is 0.227. The van der Waals surface area contributed by atoms with E-state index >= 15 is 0 Å². The second kappa shape index (κ2) is 4.97. The van der Waals surface area contributed by atoms with E-state index in [9.17, 15) is 4.79 Å². The first-order chi connectivity index (χ1) is 3.81. The van der Waals surface area contributed by atoms with Crippen molar-refractivity contribution in [2.75, 3.05) is 12.2 Å². The fraction of sp³-hybridized carbons (Fsp3) is 0.800. The number of carbonyl (C=O) groups excluding carboxylic acids is 1. The highest BCUT2D eigenvalue weighted by molar-refractivity contribution is 7.98. The minimum Gasteiger partial charge on any atom is -0.455 e. The summed E-state index contributed by atoms with van der Waals surface area (Å²) in [5.74, 6) is 0.353. The van der Waals surface area contributed by atoms with E-state index in [1.807, 2.05) is 6.26 Å². The maximum absolute atomic E-state index is 10.3. The Hall–Kier alpha value is -0.180. The van der Waals surface area contributed by atoms with Crippen molar-refractivity contribution in [2.45, 2.75) is 13.3 Å². The topological polar surface area (TPSA) is 26.3 Å². The van der Waals surface area contributed by atoms with E-state index in [1.54, 1.807) is 6.92 Å². The molecule has 0 heterocycles. The van der Waals surface area contributed by atoms with Crippen LogP contribution in [0.25, 0.3) is 0 Å². The predicted molar refractivity (Wildman–Crippen MR) is 34.8 cm³/mol. The smallest absolute Gasteiger partial charge is 0.306 e. The van der Waals surface area contributed by atoms with Crippen LogP contribution in [-0.2, 0) is 9.53 Å². The average Bonchev–Trinajstić information content (AvgIpc) is 1.83. The minimum absolute atomic E-state index is 0.126. The lowest BCUT2D eigenvalue weighted by Crippen LogP contribution is -2.00. The molecule has 0 amide bonds. The summed E-state index contributed by atoms with van der Waals surface area (Å²) in [6.45, 7) is 1.78. The standard InChI is InChI=1S/C5H10O2S/c1-3-5(6)7-4-8-2/h3-4H2,1-2H3. The molecular weight excluding hydrogens is 124 g/mol. The summed E-state index contributed by atoms with van der Waals surface area (Å²) in [5.41, 5.74) is 0. The minimum atomic E-state index is -0.126. The summed E-state index contributed by atoms with van der Waals surface area (Å²) in [6, 6.07) is 0. The van der Waals surface area contributed by atoms with Crippen LogP contribution in [0.5, 0.6) is 0 Å². The van der Waals surface area contributed by atoms with Crippen molar-refractivity contribution in [1.82, 2.24) is 0 Å². The number of ether oxygens (including phenoxy) is 1. The van der Waals surface area contributed by atoms with Gasteiger partial charge in [-0.3, -0.25) is 4.79 Å². The number of rotatable bonds is 3. The van der Waals surface area contributed by atoms with E-state index in [-0.39, 0.29) is 5.97 Å². The van der Waals surface area contributed by atoms with Crippen molar-refractivity contribution in [2.24, 2.45) is 0 Å². The Morgan fingerprint density at radius 1 is 1.75 bits per heavy atom. The van der Waals surface area contributed by atoms with E-state index in [2.05, 4.69) is 4.74 Å². The average molecular weight is 134 g/mol. The van der Waals surface area contributed by atoms with Gasteiger partial charge in [-0.25, -0.2) is 0 Å². The normalized spacial score (nSPS) is 8.75. The quantitative estimate of drug-likeness (QED) is 0.429. The van der Waals surface area contributed by atoms with Crippen molar-refractivity contribution in [3.63, 3.8) is 0 Å². The third kappa shape index (κ3) is 3.99. The van der Waals surface area contributed by atoms with Gasteiger partial charge in [0.2, 0.25) is 0 Å². The third-order valence-corrected chi connectivity index (χ3v) is 0.980. The molecule has 0 radical (unpaired) electrons. The molecule has 0 fully saturated rings. The van der Waals surface area contributed by atoms with Gasteiger partial charge >= 0.3 is 5.97 Å². The third-order valence-electron chi connectivity index (χ3n) is 0.626. The number of hydrogen-bond acceptors (Lipinski definition) is 3. The first kappa shape index (κ1) is 7.82. The lowest BCUT2D eigenvalue weighted by atomic mass is 10.5. The summed E-state index contributed by atoms with van der Waals surface area (Å²) < 4.78 is 4.66. The summed E-state index contributed by atoms with van der Waals surface area (Å²) in [7, 11) is 0. The van der Waals surface area contributed by atoms with Gasteiger partial charge in [0.15, 0.2) is 0 Å². The van der Waals surface area contributed by atoms with Crippen molar-refractivity contribution in [3.05, 3.63) is 0 Å². The Morgan fingerprint density at radius 2 is 2.38 bits per heavy atom. The molecule has 0 saturated heterocycles. The van der Waals surface area contributed by atoms with Gasteiger partial charge in [0.25, 0.3) is 0 Å². The second-order valence-corrected chi connectivity index (χ2v) is 2.09. The molecule has 0 spiro atoms. The molecule has 0 unspecified atom stereocenters. The highest BCUT2D eigenvalue weighted by Crippen LogP contribution is 1.93. The SMILES string of the molecule is CCC(=O)OCSC. The van der Waals surface area contributed by atoms with Crippen molar-refractivity contribution in [1.29, 1.82) is 0 Å². The molecule has 0 aliphatic rings. The van der Waals surface area contributed by atoms with Crippen molar-refractivity contribution in [3.8, 4) is 0 Å². The van der Waals surface area contributed by atoms with E-state index < -0.39 is 0 Å². The monoisotopic (exact) mass is 134 g/mol. The Balaban J connectivity index is 2.99. The molecule has 0 aliphatic heterocycles. The molecular formula is C5H10O2S. The van der Waals surface area contributed by atoms with Gasteiger partial charge in [0.1, 0.15) is 5.94 Å². The molecule has 0 saturated carbocycles. The molecule has 0 bridgehead atoms. The Kier molecular flexibility index (Phi) is 4.85. The van der Waals surface area contributed by atoms with Crippen LogP contribution in [0.15, 0.2) is 0 Å². The number of thioether (sulfide) groups is 1. The largest absolute Gasteiger partial charge is 0.455 e. The van der Waals surface area contributed by atoms with E-state index in [0.29, 0.717) is 12.4 Å². The summed E-state index contributed by atoms with van der Waals surface area (Å²) in [5, 5.41) is 0. The van der Waals surface area contributed by atoms with E-state index in [0.717, 1.165) is 0 Å². The lowest BCUT2D eigenvalue weighted by Gasteiger charge is -1.96. The van der Waals surface area contributed by atoms with Gasteiger partial charge in [-0.2, -0.15) is 0 Å². The van der Waals surface area contributed by atoms with Crippen molar-refractivity contribution < 1.29 is 9.53 Å². The van der Waals surface area contributed by atoms with Gasteiger partial charge < -0.3 is 4.74 Å². The molecule has 0 rings (SSSR count). The summed E-state index contributed by atoms with van der Waals surface area (Å²) in [4.78, 5) is 10.3. The molecule has 0 atom stereocenters. The highest BCUT2D eigenvalue weighted by Gasteiger charge is 1.93. The van der Waals surface area contributed by atoms with Gasteiger partial charge in [-0.05, 0) is 6.26 Å². The van der Waals surface area contributed by atoms with Gasteiger partial charge in [0, 0.05) is 6.42 Å². The molecule has 3 heteroatoms. The number of hydrogen-bond donors (Lipinski definition) is 0. The molecule has 48 valence electrons. The van der Waals surface area contributed by atoms with Gasteiger partial charge in [0.05, 0.1) is 0 Å². The first-order valence-corrected chi connectivity index (χ1v) is 3.85. The maximum Gasteiger partial charge on any atom is 0.306 e. The van der Waals surface area contributed by atoms with E-state index in [1.165, 1.54) is 11.8 Å². The molecule has 0 aromatic heterocycles. The van der Waals surface area contributed by atoms with Crippen LogP contribution in [0.4, 0.5) is 0 Å². The summed E-state index contributed by atoms with van der Waals surface area (Å²) in [6.07, 6.45) is 2.36. The zero-order valence-electron chi connectivity index (χ0n) is 5.14. The van der Waals surface area contributed by atoms with Crippen LogP contribution >= 0.6 is 11.8 Å². The maximum atomic E-state index is 10.3. The molecule has 2 nitrogen and oxygen atoms in total. The Bertz CT molecular complexity index is 72.8. The highest BCUT2D eigenvalue weighted by atomic mass is 32.2. The van der Waals surface area contributed by atoms with Crippen molar-refractivity contribution >= 4 is 17.7 Å². The van der Waals surface area contributed by atoms with Crippen LogP contribution in [0.2, 0.25) is 0 Å². The van der Waals surface area contributed by atoms with Crippen LogP contribution in [0.1, 0.15) is 13.3 Å². The lowest BCUT2D eigenvalue weighted by molar-refractivity contribution is -0.140. The van der Waals surface area contributed by atoms with Crippen LogP contribution in [-0.4, -0.2) is 18.2 Å². The predicted octanol–water partition coefficient (Wildman–Crippen LogP) is 1.26. The Labute approximate surface area is 53.6 Å². The van der Waals surface area contributed by atoms with E-state index in [4.69, 9.17) is 0 Å². The first-order valence-electron chi connectivity index (χ1n) is 2.45. The summed E-state index contributed by atoms with van der Waals surface area (Å²) >= 11 is 1.50. The molecule has 8 heavy (non-hydrogen) atoms. The molecule has 0 aromatic carbocycles. The molecule has 0 aromatic rings. The molecule has 0 N–H and O–H groups in total. The number of esters is 1. The van der Waals surface area contributed by atoms with Crippen LogP contribution in [0, 0.1) is 0 Å². The van der Waals surface area contributed by atoms with Gasteiger partial charge in [-0.15, -0.1) is 11.8 Å². The zero-order valence-corrected chi connectivity index (χ0v) is 5.96. The fourth-order valence-corrected chi connectivity index (χ4v) is 0.476. The molecule has 0 aliphatic carbocycles. The Morgan fingerprint density at radius 3 is 2.75 bits per heavy atom.